The summed E-state index contributed by atoms with van der Waals surface area (Å²) in [5.41, 5.74) is 16.1. The van der Waals surface area contributed by atoms with E-state index in [1.54, 1.807) is 0 Å². The second kappa shape index (κ2) is 13.5. The Hall–Kier alpha value is -4.24. The molecule has 4 unspecified atom stereocenters. The van der Waals surface area contributed by atoms with Crippen LogP contribution in [0.15, 0.2) is 24.3 Å². The number of amides is 5. The number of hydrogen-bond donors (Lipinski definition) is 9. The zero-order valence-electron chi connectivity index (χ0n) is 18.5. The maximum Gasteiger partial charge on any atom is 0.328 e. The molecule has 1 rings (SSSR count). The molecule has 35 heavy (non-hydrogen) atoms. The maximum absolute atomic E-state index is 12.9. The Morgan fingerprint density at radius 3 is 1.74 bits per heavy atom. The van der Waals surface area contributed by atoms with Gasteiger partial charge in [0, 0.05) is 6.42 Å². The van der Waals surface area contributed by atoms with Crippen molar-refractivity contribution in [3.63, 3.8) is 0 Å². The van der Waals surface area contributed by atoms with Crippen LogP contribution >= 0.6 is 0 Å². The van der Waals surface area contributed by atoms with Crippen LogP contribution in [0.3, 0.4) is 0 Å². The molecule has 12 N–H and O–H groups in total. The summed E-state index contributed by atoms with van der Waals surface area (Å²) in [5.74, 6) is -6.50. The minimum Gasteiger partial charge on any atom is -0.508 e. The van der Waals surface area contributed by atoms with Crippen LogP contribution in [0.1, 0.15) is 18.4 Å². The lowest BCUT2D eigenvalue weighted by Crippen LogP contribution is -2.58. The van der Waals surface area contributed by atoms with Gasteiger partial charge in [0.15, 0.2) is 0 Å². The topological polar surface area (TPSA) is 277 Å². The van der Waals surface area contributed by atoms with Crippen LogP contribution in [0.5, 0.6) is 5.75 Å². The number of aliphatic hydroxyl groups excluding tert-OH is 1. The van der Waals surface area contributed by atoms with E-state index in [-0.39, 0.29) is 12.2 Å². The lowest BCUT2D eigenvalue weighted by atomic mass is 10.0. The van der Waals surface area contributed by atoms with E-state index < -0.39 is 79.1 Å². The van der Waals surface area contributed by atoms with Gasteiger partial charge in [0.1, 0.15) is 23.9 Å². The number of carboxylic acid groups (broad SMARTS) is 1. The molecule has 0 aliphatic rings. The van der Waals surface area contributed by atoms with Crippen LogP contribution in [0.25, 0.3) is 0 Å². The van der Waals surface area contributed by atoms with Crippen molar-refractivity contribution in [2.24, 2.45) is 17.2 Å². The van der Waals surface area contributed by atoms with Crippen LogP contribution < -0.4 is 33.2 Å². The lowest BCUT2D eigenvalue weighted by molar-refractivity contribution is -0.143. The van der Waals surface area contributed by atoms with Gasteiger partial charge in [-0.05, 0) is 17.7 Å². The van der Waals surface area contributed by atoms with E-state index in [0.717, 1.165) is 0 Å². The van der Waals surface area contributed by atoms with Gasteiger partial charge >= 0.3 is 5.97 Å². The highest BCUT2D eigenvalue weighted by Crippen LogP contribution is 2.12. The molecule has 0 spiro atoms. The van der Waals surface area contributed by atoms with Crippen LogP contribution in [0.4, 0.5) is 0 Å². The molecule has 4 atom stereocenters. The summed E-state index contributed by atoms with van der Waals surface area (Å²) < 4.78 is 0. The molecule has 15 heteroatoms. The number of primary amides is 2. The average Bonchev–Trinajstić information content (AvgIpc) is 2.76. The minimum atomic E-state index is -1.67. The predicted octanol–water partition coefficient (Wildman–Crippen LogP) is -4.46. The molecule has 5 amide bonds. The number of carboxylic acids is 1. The Labute approximate surface area is 199 Å². The number of rotatable bonds is 14. The summed E-state index contributed by atoms with van der Waals surface area (Å²) in [6.45, 7) is -0.931. The van der Waals surface area contributed by atoms with Crippen molar-refractivity contribution in [2.45, 2.75) is 43.4 Å². The molecular weight excluding hydrogens is 468 g/mol. The zero-order chi connectivity index (χ0) is 26.7. The Morgan fingerprint density at radius 2 is 1.26 bits per heavy atom. The number of hydrogen-bond acceptors (Lipinski definition) is 9. The summed E-state index contributed by atoms with van der Waals surface area (Å²) in [4.78, 5) is 71.4. The van der Waals surface area contributed by atoms with Crippen molar-refractivity contribution in [3.05, 3.63) is 29.8 Å². The molecule has 0 radical (unpaired) electrons. The molecule has 0 heterocycles. The Kier molecular flexibility index (Phi) is 11.1. The third kappa shape index (κ3) is 10.1. The lowest BCUT2D eigenvalue weighted by Gasteiger charge is -2.24. The van der Waals surface area contributed by atoms with E-state index in [2.05, 4.69) is 16.0 Å². The fourth-order valence-corrected chi connectivity index (χ4v) is 2.81. The van der Waals surface area contributed by atoms with Crippen molar-refractivity contribution >= 4 is 35.5 Å². The molecular formula is C20H28N6O9. The fraction of sp³-hybridized carbons (Fsp3) is 0.400. The van der Waals surface area contributed by atoms with Crippen molar-refractivity contribution < 1.29 is 44.1 Å². The van der Waals surface area contributed by atoms with E-state index in [1.165, 1.54) is 24.3 Å². The molecule has 0 aromatic heterocycles. The fourth-order valence-electron chi connectivity index (χ4n) is 2.81. The molecule has 0 bridgehead atoms. The first kappa shape index (κ1) is 28.8. The Morgan fingerprint density at radius 1 is 0.771 bits per heavy atom. The van der Waals surface area contributed by atoms with E-state index >= 15 is 0 Å². The van der Waals surface area contributed by atoms with Crippen LogP contribution in [0.2, 0.25) is 0 Å². The third-order valence-corrected chi connectivity index (χ3v) is 4.60. The van der Waals surface area contributed by atoms with E-state index in [0.29, 0.717) is 5.56 Å². The first-order chi connectivity index (χ1) is 16.3. The molecule has 15 nitrogen and oxygen atoms in total. The number of aliphatic hydroxyl groups is 1. The average molecular weight is 496 g/mol. The van der Waals surface area contributed by atoms with Gasteiger partial charge in [-0.15, -0.1) is 0 Å². The van der Waals surface area contributed by atoms with Crippen molar-refractivity contribution in [1.82, 2.24) is 16.0 Å². The van der Waals surface area contributed by atoms with Crippen LogP contribution in [-0.2, 0) is 35.2 Å². The smallest absolute Gasteiger partial charge is 0.328 e. The number of phenols is 1. The molecule has 0 saturated carbocycles. The zero-order valence-corrected chi connectivity index (χ0v) is 18.5. The summed E-state index contributed by atoms with van der Waals surface area (Å²) in [6.07, 6.45) is -1.43. The van der Waals surface area contributed by atoms with E-state index in [1.807, 2.05) is 0 Å². The number of benzene rings is 1. The highest BCUT2D eigenvalue weighted by molar-refractivity contribution is 5.97. The van der Waals surface area contributed by atoms with Crippen LogP contribution in [-0.4, -0.2) is 81.6 Å². The number of aromatic hydroxyl groups is 1. The second-order valence-electron chi connectivity index (χ2n) is 7.52. The van der Waals surface area contributed by atoms with Gasteiger partial charge in [-0.1, -0.05) is 12.1 Å². The molecule has 1 aromatic carbocycles. The number of nitrogens with one attached hydrogen (secondary N) is 3. The van der Waals surface area contributed by atoms with Gasteiger partial charge in [0.05, 0.1) is 25.5 Å². The highest BCUT2D eigenvalue weighted by atomic mass is 16.4. The third-order valence-electron chi connectivity index (χ3n) is 4.60. The van der Waals surface area contributed by atoms with Gasteiger partial charge in [-0.3, -0.25) is 24.0 Å². The minimum absolute atomic E-state index is 0.0680. The molecule has 1 aromatic rings. The summed E-state index contributed by atoms with van der Waals surface area (Å²) in [6, 6.07) is -0.620. The Bertz CT molecular complexity index is 953. The number of nitrogens with two attached hydrogens (primary N) is 3. The monoisotopic (exact) mass is 496 g/mol. The SMILES string of the molecule is NC(=O)CC(N)C(=O)NC(CC(N)=O)C(=O)NC(Cc1ccc(O)cc1)C(=O)NC(CO)C(=O)O. The maximum atomic E-state index is 12.9. The molecule has 0 aliphatic carbocycles. The highest BCUT2D eigenvalue weighted by Gasteiger charge is 2.31. The standard InChI is InChI=1S/C20H28N6O9/c21-11(6-15(22)29)17(31)24-13(7-16(23)30)19(33)25-12(5-9-1-3-10(28)4-2-9)18(32)26-14(8-27)20(34)35/h1-4,11-14,27-28H,5-8,21H2,(H2,22,29)(H2,23,30)(H,24,31)(H,25,33)(H,26,32)(H,34,35). The quantitative estimate of drug-likeness (QED) is 0.119. The van der Waals surface area contributed by atoms with Gasteiger partial charge in [-0.2, -0.15) is 0 Å². The first-order valence-corrected chi connectivity index (χ1v) is 10.2. The molecule has 0 fully saturated rings. The normalized spacial score (nSPS) is 14.0. The van der Waals surface area contributed by atoms with Crippen molar-refractivity contribution in [2.75, 3.05) is 6.61 Å². The molecule has 0 aliphatic heterocycles. The number of carbonyl (C=O) groups is 6. The molecule has 0 saturated heterocycles. The number of carbonyl (C=O) groups excluding carboxylic acids is 5. The Balaban J connectivity index is 3.13. The number of phenolic OH excluding ortho intramolecular Hbond substituents is 1. The van der Waals surface area contributed by atoms with E-state index in [4.69, 9.17) is 22.3 Å². The first-order valence-electron chi connectivity index (χ1n) is 10.2. The van der Waals surface area contributed by atoms with Gasteiger partial charge in [-0.25, -0.2) is 4.79 Å². The second-order valence-corrected chi connectivity index (χ2v) is 7.52. The van der Waals surface area contributed by atoms with Crippen molar-refractivity contribution in [1.29, 1.82) is 0 Å². The van der Waals surface area contributed by atoms with Crippen molar-refractivity contribution in [3.8, 4) is 5.75 Å². The predicted molar refractivity (Wildman–Crippen MR) is 118 cm³/mol. The molecule has 192 valence electrons. The van der Waals surface area contributed by atoms with E-state index in [9.17, 15) is 39.0 Å². The van der Waals surface area contributed by atoms with Gasteiger partial charge < -0.3 is 48.5 Å². The number of aliphatic carboxylic acids is 1. The summed E-state index contributed by atoms with van der Waals surface area (Å²) in [7, 11) is 0. The van der Waals surface area contributed by atoms with Crippen LogP contribution in [0, 0.1) is 0 Å². The summed E-state index contributed by atoms with van der Waals surface area (Å²) in [5, 5.41) is 34.2. The largest absolute Gasteiger partial charge is 0.508 e. The summed E-state index contributed by atoms with van der Waals surface area (Å²) >= 11 is 0. The van der Waals surface area contributed by atoms with Gasteiger partial charge in [0.25, 0.3) is 0 Å². The van der Waals surface area contributed by atoms with Gasteiger partial charge in [0.2, 0.25) is 29.5 Å².